The zero-order valence-corrected chi connectivity index (χ0v) is 18.3. The number of nitrogens with zero attached hydrogens (tertiary/aromatic N) is 3. The Labute approximate surface area is 182 Å². The number of sulfone groups is 1. The molecule has 0 saturated heterocycles. The molecule has 1 fully saturated rings. The van der Waals surface area contributed by atoms with Crippen LogP contribution in [0.15, 0.2) is 41.7 Å². The third kappa shape index (κ3) is 4.61. The maximum Gasteiger partial charge on any atom is 0.256 e. The first-order valence-electron chi connectivity index (χ1n) is 10.5. The van der Waals surface area contributed by atoms with Gasteiger partial charge in [0.1, 0.15) is 18.2 Å². The molecule has 1 aromatic heterocycles. The van der Waals surface area contributed by atoms with Crippen LogP contribution in [0.25, 0.3) is 0 Å². The van der Waals surface area contributed by atoms with Gasteiger partial charge in [-0.2, -0.15) is 0 Å². The number of hydrogen-bond acceptors (Lipinski definition) is 6. The average molecular weight is 443 g/mol. The standard InChI is InChI=1S/C22H26N4O4S/c1-31(29,30)18-9-5-8-16-13-26(22(28)20(16)18)17(12-15-6-3-2-4-7-15)21(27)25-19-10-11-23-14-24-19/h5,8-11,14-15,17H,2-4,6-7,12-13H2,1H3,(H,23,24,25,27)/t17-/m0/s1. The van der Waals surface area contributed by atoms with Crippen LogP contribution < -0.4 is 5.32 Å². The highest BCUT2D eigenvalue weighted by Crippen LogP contribution is 2.34. The van der Waals surface area contributed by atoms with Crippen LogP contribution in [0.2, 0.25) is 0 Å². The van der Waals surface area contributed by atoms with E-state index in [1.165, 1.54) is 29.9 Å². The number of hydrogen-bond donors (Lipinski definition) is 1. The molecule has 2 aromatic rings. The SMILES string of the molecule is CS(=O)(=O)c1cccc2c1C(=O)N([C@@H](CC1CCCCC1)C(=O)Nc1ccncn1)C2. The molecule has 2 heterocycles. The van der Waals surface area contributed by atoms with Gasteiger partial charge in [0, 0.05) is 19.0 Å². The first-order valence-corrected chi connectivity index (χ1v) is 12.4. The van der Waals surface area contributed by atoms with Gasteiger partial charge in [-0.1, -0.05) is 44.2 Å². The van der Waals surface area contributed by atoms with Crippen LogP contribution in [0.5, 0.6) is 0 Å². The van der Waals surface area contributed by atoms with Crippen molar-refractivity contribution < 1.29 is 18.0 Å². The summed E-state index contributed by atoms with van der Waals surface area (Å²) in [5.41, 5.74) is 0.824. The topological polar surface area (TPSA) is 109 Å². The van der Waals surface area contributed by atoms with Gasteiger partial charge in [0.2, 0.25) is 5.91 Å². The summed E-state index contributed by atoms with van der Waals surface area (Å²) in [6, 6.07) is 5.74. The highest BCUT2D eigenvalue weighted by Gasteiger charge is 2.40. The first kappa shape index (κ1) is 21.4. The monoisotopic (exact) mass is 442 g/mol. The lowest BCUT2D eigenvalue weighted by molar-refractivity contribution is -0.121. The van der Waals surface area contributed by atoms with E-state index < -0.39 is 21.8 Å². The number of aromatic nitrogens is 2. The van der Waals surface area contributed by atoms with Crippen LogP contribution in [-0.2, 0) is 21.2 Å². The van der Waals surface area contributed by atoms with Crippen LogP contribution in [0.3, 0.4) is 0 Å². The summed E-state index contributed by atoms with van der Waals surface area (Å²) in [4.78, 5) is 36.1. The Kier molecular flexibility index (Phi) is 6.04. The van der Waals surface area contributed by atoms with E-state index in [9.17, 15) is 18.0 Å². The van der Waals surface area contributed by atoms with Gasteiger partial charge in [-0.05, 0) is 30.0 Å². The summed E-state index contributed by atoms with van der Waals surface area (Å²) in [6.07, 6.45) is 10.0. The molecule has 2 aliphatic rings. The van der Waals surface area contributed by atoms with Gasteiger partial charge >= 0.3 is 0 Å². The molecule has 8 nitrogen and oxygen atoms in total. The molecule has 0 bridgehead atoms. The van der Waals surface area contributed by atoms with E-state index in [2.05, 4.69) is 15.3 Å². The minimum Gasteiger partial charge on any atom is -0.322 e. The fraction of sp³-hybridized carbons (Fsp3) is 0.455. The largest absolute Gasteiger partial charge is 0.322 e. The molecule has 0 unspecified atom stereocenters. The molecule has 0 spiro atoms. The third-order valence-corrected chi connectivity index (χ3v) is 7.26. The van der Waals surface area contributed by atoms with Crippen LogP contribution >= 0.6 is 0 Å². The van der Waals surface area contributed by atoms with Crippen molar-refractivity contribution in [3.05, 3.63) is 47.9 Å². The Morgan fingerprint density at radius 3 is 2.68 bits per heavy atom. The second-order valence-corrected chi connectivity index (χ2v) is 10.3. The van der Waals surface area contributed by atoms with E-state index in [0.29, 0.717) is 23.7 Å². The number of fused-ring (bicyclic) bond motifs is 1. The Balaban J connectivity index is 1.64. The van der Waals surface area contributed by atoms with Crippen molar-refractivity contribution in [2.75, 3.05) is 11.6 Å². The minimum atomic E-state index is -3.57. The second kappa shape index (κ2) is 8.74. The van der Waals surface area contributed by atoms with E-state index in [1.807, 2.05) is 0 Å². The lowest BCUT2D eigenvalue weighted by Crippen LogP contribution is -2.45. The van der Waals surface area contributed by atoms with E-state index in [1.54, 1.807) is 18.2 Å². The van der Waals surface area contributed by atoms with E-state index in [4.69, 9.17) is 0 Å². The van der Waals surface area contributed by atoms with Gasteiger partial charge in [0.15, 0.2) is 9.84 Å². The highest BCUT2D eigenvalue weighted by molar-refractivity contribution is 7.90. The lowest BCUT2D eigenvalue weighted by atomic mass is 9.84. The molecule has 1 atom stereocenters. The first-order chi connectivity index (χ1) is 14.8. The summed E-state index contributed by atoms with van der Waals surface area (Å²) < 4.78 is 24.5. The quantitative estimate of drug-likeness (QED) is 0.737. The van der Waals surface area contributed by atoms with Gasteiger partial charge in [0.25, 0.3) is 5.91 Å². The number of carbonyl (C=O) groups excluding carboxylic acids is 2. The predicted molar refractivity (Wildman–Crippen MR) is 115 cm³/mol. The number of nitrogens with one attached hydrogen (secondary N) is 1. The van der Waals surface area contributed by atoms with Crippen molar-refractivity contribution in [2.24, 2.45) is 5.92 Å². The fourth-order valence-electron chi connectivity index (χ4n) is 4.60. The molecule has 31 heavy (non-hydrogen) atoms. The smallest absolute Gasteiger partial charge is 0.256 e. The second-order valence-electron chi connectivity index (χ2n) is 8.33. The average Bonchev–Trinajstić information content (AvgIpc) is 3.09. The zero-order chi connectivity index (χ0) is 22.0. The Morgan fingerprint density at radius 1 is 1.23 bits per heavy atom. The summed E-state index contributed by atoms with van der Waals surface area (Å²) in [6.45, 7) is 0.214. The Bertz CT molecular complexity index is 1080. The molecule has 1 aliphatic heterocycles. The van der Waals surface area contributed by atoms with Crippen molar-refractivity contribution in [1.29, 1.82) is 0 Å². The number of carbonyl (C=O) groups is 2. The zero-order valence-electron chi connectivity index (χ0n) is 17.5. The van der Waals surface area contributed by atoms with Crippen LogP contribution in [0.1, 0.15) is 54.4 Å². The maximum atomic E-state index is 13.4. The number of rotatable bonds is 6. The van der Waals surface area contributed by atoms with Crippen LogP contribution in [0, 0.1) is 5.92 Å². The lowest BCUT2D eigenvalue weighted by Gasteiger charge is -2.31. The molecular formula is C22H26N4O4S. The third-order valence-electron chi connectivity index (χ3n) is 6.12. The predicted octanol–water partition coefficient (Wildman–Crippen LogP) is 2.81. The van der Waals surface area contributed by atoms with Crippen molar-refractivity contribution in [2.45, 2.75) is 56.0 Å². The van der Waals surface area contributed by atoms with E-state index in [-0.39, 0.29) is 22.9 Å². The van der Waals surface area contributed by atoms with Crippen molar-refractivity contribution >= 4 is 27.5 Å². The summed E-state index contributed by atoms with van der Waals surface area (Å²) >= 11 is 0. The number of benzene rings is 1. The maximum absolute atomic E-state index is 13.4. The van der Waals surface area contributed by atoms with Gasteiger partial charge in [0.05, 0.1) is 10.5 Å². The van der Waals surface area contributed by atoms with Gasteiger partial charge in [-0.25, -0.2) is 18.4 Å². The van der Waals surface area contributed by atoms with E-state index >= 15 is 0 Å². The summed E-state index contributed by atoms with van der Waals surface area (Å²) in [5, 5.41) is 2.80. The summed E-state index contributed by atoms with van der Waals surface area (Å²) in [7, 11) is -3.57. The van der Waals surface area contributed by atoms with Crippen molar-refractivity contribution in [3.63, 3.8) is 0 Å². The molecule has 0 radical (unpaired) electrons. The number of amides is 2. The molecule has 1 saturated carbocycles. The summed E-state index contributed by atoms with van der Waals surface area (Å²) in [5.74, 6) is -0.00331. The Hall–Kier alpha value is -2.81. The van der Waals surface area contributed by atoms with Crippen molar-refractivity contribution in [1.82, 2.24) is 14.9 Å². The molecule has 1 aliphatic carbocycles. The highest BCUT2D eigenvalue weighted by atomic mass is 32.2. The van der Waals surface area contributed by atoms with Crippen molar-refractivity contribution in [3.8, 4) is 0 Å². The van der Waals surface area contributed by atoms with Gasteiger partial charge < -0.3 is 10.2 Å². The number of anilines is 1. The van der Waals surface area contributed by atoms with Crippen LogP contribution in [0.4, 0.5) is 5.82 Å². The molecule has 4 rings (SSSR count). The fourth-order valence-corrected chi connectivity index (χ4v) is 5.51. The molecule has 9 heteroatoms. The molecule has 2 amide bonds. The minimum absolute atomic E-state index is 0.0186. The van der Waals surface area contributed by atoms with Crippen LogP contribution in [-0.4, -0.2) is 47.4 Å². The molecule has 1 aromatic carbocycles. The molecule has 1 N–H and O–H groups in total. The Morgan fingerprint density at radius 2 is 2.00 bits per heavy atom. The van der Waals surface area contributed by atoms with Gasteiger partial charge in [-0.3, -0.25) is 9.59 Å². The molecular weight excluding hydrogens is 416 g/mol. The normalized spacial score (nSPS) is 18.0. The van der Waals surface area contributed by atoms with Gasteiger partial charge in [-0.15, -0.1) is 0 Å². The van der Waals surface area contributed by atoms with E-state index in [0.717, 1.165) is 31.9 Å². The molecule has 164 valence electrons.